The van der Waals surface area contributed by atoms with Gasteiger partial charge in [-0.15, -0.1) is 0 Å². The number of aromatic amines is 1. The molecule has 2 heterocycles. The lowest BCUT2D eigenvalue weighted by molar-refractivity contribution is -0.142. The second kappa shape index (κ2) is 27.2. The van der Waals surface area contributed by atoms with E-state index in [0.717, 1.165) is 21.7 Å². The predicted molar refractivity (Wildman–Crippen MR) is 283 cm³/mol. The van der Waals surface area contributed by atoms with Gasteiger partial charge >= 0.3 is 0 Å². The second-order valence-electron chi connectivity index (χ2n) is 18.9. The zero-order valence-corrected chi connectivity index (χ0v) is 42.5. The molecule has 6 atom stereocenters. The number of phenolic OH excluding ortho intramolecular Hbond substituents is 1. The molecule has 1 saturated heterocycles. The summed E-state index contributed by atoms with van der Waals surface area (Å²) in [6.07, 6.45) is 3.00. The van der Waals surface area contributed by atoms with Gasteiger partial charge in [-0.3, -0.25) is 38.6 Å². The Morgan fingerprint density at radius 2 is 1.39 bits per heavy atom. The van der Waals surface area contributed by atoms with Crippen LogP contribution in [0.1, 0.15) is 64.0 Å². The molecule has 4 aromatic carbocycles. The Balaban J connectivity index is 1.24. The highest BCUT2D eigenvalue weighted by molar-refractivity contribution is 5.98. The minimum atomic E-state index is -1.53. The van der Waals surface area contributed by atoms with Crippen molar-refractivity contribution in [3.05, 3.63) is 108 Å². The van der Waals surface area contributed by atoms with Gasteiger partial charge < -0.3 is 68.2 Å². The zero-order valence-electron chi connectivity index (χ0n) is 42.5. The van der Waals surface area contributed by atoms with Crippen LogP contribution in [0.5, 0.6) is 11.5 Å². The van der Waals surface area contributed by atoms with Crippen LogP contribution in [-0.2, 0) is 46.4 Å². The van der Waals surface area contributed by atoms with E-state index in [0.29, 0.717) is 49.2 Å². The van der Waals surface area contributed by atoms with Crippen LogP contribution in [0.3, 0.4) is 0 Å². The molecule has 13 N–H and O–H groups in total. The van der Waals surface area contributed by atoms with Gasteiger partial charge in [0, 0.05) is 55.0 Å². The van der Waals surface area contributed by atoms with Gasteiger partial charge in [0.25, 0.3) is 5.91 Å². The largest absolute Gasteiger partial charge is 0.508 e. The van der Waals surface area contributed by atoms with E-state index in [1.54, 1.807) is 37.4 Å². The lowest BCUT2D eigenvalue weighted by Crippen LogP contribution is -2.60. The Kier molecular flexibility index (Phi) is 20.3. The predicted octanol–water partition coefficient (Wildman–Crippen LogP) is 1.53. The summed E-state index contributed by atoms with van der Waals surface area (Å²) in [5.41, 5.74) is 13.0. The second-order valence-corrected chi connectivity index (χ2v) is 18.9. The van der Waals surface area contributed by atoms with Gasteiger partial charge in [0.1, 0.15) is 47.8 Å². The number of aliphatic hydroxyl groups excluding tert-OH is 1. The van der Waals surface area contributed by atoms with E-state index in [2.05, 4.69) is 41.9 Å². The molecule has 1 aromatic heterocycles. The van der Waals surface area contributed by atoms with Crippen molar-refractivity contribution in [1.29, 1.82) is 0 Å². The van der Waals surface area contributed by atoms with E-state index < -0.39 is 84.9 Å². The normalized spacial score (nSPS) is 15.2. The maximum absolute atomic E-state index is 14.8. The molecule has 21 heteroatoms. The molecule has 7 amide bonds. The van der Waals surface area contributed by atoms with Gasteiger partial charge in [-0.05, 0) is 85.7 Å². The van der Waals surface area contributed by atoms with Gasteiger partial charge in [-0.1, -0.05) is 80.6 Å². The Bertz CT molecular complexity index is 2810. The summed E-state index contributed by atoms with van der Waals surface area (Å²) in [6, 6.07) is 18.6. The molecule has 0 aliphatic carbocycles. The molecule has 0 radical (unpaired) electrons. The monoisotopic (exact) mass is 1030 g/mol. The number of amides is 7. The van der Waals surface area contributed by atoms with E-state index in [9.17, 15) is 43.8 Å². The van der Waals surface area contributed by atoms with Crippen molar-refractivity contribution in [3.8, 4) is 11.5 Å². The highest BCUT2D eigenvalue weighted by atomic mass is 16.5. The number of likely N-dealkylation sites (N-methyl/N-ethyl adjacent to an activating group) is 1. The van der Waals surface area contributed by atoms with Crippen LogP contribution in [0.4, 0.5) is 0 Å². The molecular formula is C54H69N11O10. The van der Waals surface area contributed by atoms with Crippen molar-refractivity contribution in [2.45, 2.75) is 102 Å². The number of hydrogen-bond donors (Lipinski definition) is 11. The number of ether oxygens (including phenoxy) is 1. The van der Waals surface area contributed by atoms with Gasteiger partial charge in [0.05, 0.1) is 6.61 Å². The van der Waals surface area contributed by atoms with Crippen LogP contribution in [0.25, 0.3) is 21.7 Å². The van der Waals surface area contributed by atoms with Gasteiger partial charge in [-0.25, -0.2) is 0 Å². The standard InChI is InChI=1S/C54H69N11O10/c1-4-57-52(73)45-18-11-25-65(45)53(74)40(17-10-24-58-54(55)56)61-48(69)41(26-32(2)3)62-50(71)43(28-35-29-59-39-16-8-7-14-37(35)39)64-49(70)42(27-33-20-22-36(67)23-21-33)63-51(72)44(30-66)60-47(68)31-75-46-19-9-13-34-12-5-6-15-38(34)46/h5-9,12-16,19-23,29,32,40-45,59,66-67H,4,10-11,17-18,24-28,30-31H2,1-3H3,(H,57,73)(H,60,68)(H,61,69)(H,62,71)(H,63,72)(H,64,70)(H4,55,56,58)/t40-,41-,42-,43+,44-,45?/m0/s1. The average molecular weight is 1030 g/mol. The summed E-state index contributed by atoms with van der Waals surface area (Å²) in [5.74, 6) is -4.61. The number of guanidine groups is 1. The molecule has 75 heavy (non-hydrogen) atoms. The minimum absolute atomic E-state index is 0.0470. The number of H-pyrrole nitrogens is 1. The topological polar surface area (TPSA) is 325 Å². The van der Waals surface area contributed by atoms with Crippen LogP contribution in [0.2, 0.25) is 0 Å². The molecule has 0 bridgehead atoms. The number of carbonyl (C=O) groups excluding carboxylic acids is 7. The molecule has 1 aliphatic rings. The maximum atomic E-state index is 14.8. The third-order valence-corrected chi connectivity index (χ3v) is 12.8. The number of hydrogen-bond acceptors (Lipinski definition) is 11. The van der Waals surface area contributed by atoms with Crippen molar-refractivity contribution in [2.24, 2.45) is 22.4 Å². The van der Waals surface area contributed by atoms with Crippen LogP contribution < -0.4 is 48.1 Å². The number of likely N-dealkylation sites (tertiary alicyclic amines) is 1. The number of carbonyl (C=O) groups is 7. The summed E-state index contributed by atoms with van der Waals surface area (Å²) < 4.78 is 5.79. The van der Waals surface area contributed by atoms with E-state index in [4.69, 9.17) is 16.2 Å². The quantitative estimate of drug-likeness (QED) is 0.0214. The summed E-state index contributed by atoms with van der Waals surface area (Å²) in [6.45, 7) is 4.98. The third kappa shape index (κ3) is 15.9. The number of aliphatic hydroxyl groups is 1. The first kappa shape index (κ1) is 56.1. The molecule has 1 unspecified atom stereocenters. The van der Waals surface area contributed by atoms with Gasteiger partial charge in [0.15, 0.2) is 12.6 Å². The van der Waals surface area contributed by atoms with Gasteiger partial charge in [0.2, 0.25) is 35.4 Å². The molecule has 6 rings (SSSR count). The van der Waals surface area contributed by atoms with Crippen LogP contribution in [0.15, 0.2) is 102 Å². The van der Waals surface area contributed by atoms with Crippen molar-refractivity contribution in [2.75, 3.05) is 32.8 Å². The number of aromatic hydroxyl groups is 1. The van der Waals surface area contributed by atoms with Crippen molar-refractivity contribution >= 4 is 69.0 Å². The van der Waals surface area contributed by atoms with Crippen LogP contribution in [-0.4, -0.2) is 137 Å². The number of aliphatic imine (C=N–C) groups is 1. The number of phenols is 1. The molecule has 0 saturated carbocycles. The Labute approximate surface area is 435 Å². The molecule has 400 valence electrons. The molecule has 21 nitrogen and oxygen atoms in total. The van der Waals surface area contributed by atoms with Crippen LogP contribution >= 0.6 is 0 Å². The zero-order chi connectivity index (χ0) is 54.0. The number of fused-ring (bicyclic) bond motifs is 2. The molecule has 5 aromatic rings. The van der Waals surface area contributed by atoms with Crippen molar-refractivity contribution in [1.82, 2.24) is 41.8 Å². The summed E-state index contributed by atoms with van der Waals surface area (Å²) in [7, 11) is 0. The van der Waals surface area contributed by atoms with Crippen molar-refractivity contribution < 1.29 is 48.5 Å². The highest BCUT2D eigenvalue weighted by Gasteiger charge is 2.39. The first-order valence-electron chi connectivity index (χ1n) is 25.2. The fourth-order valence-electron chi connectivity index (χ4n) is 9.05. The minimum Gasteiger partial charge on any atom is -0.508 e. The van der Waals surface area contributed by atoms with Gasteiger partial charge in [-0.2, -0.15) is 0 Å². The lowest BCUT2D eigenvalue weighted by atomic mass is 9.99. The number of nitrogens with one attached hydrogen (secondary N) is 7. The number of aromatic nitrogens is 1. The average Bonchev–Trinajstić information content (AvgIpc) is 4.06. The number of nitrogens with zero attached hydrogens (tertiary/aromatic N) is 2. The molecule has 0 spiro atoms. The Hall–Kier alpha value is -8.20. The maximum Gasteiger partial charge on any atom is 0.258 e. The van der Waals surface area contributed by atoms with Crippen molar-refractivity contribution in [3.63, 3.8) is 0 Å². The third-order valence-electron chi connectivity index (χ3n) is 12.8. The molecule has 1 aliphatic heterocycles. The highest BCUT2D eigenvalue weighted by Crippen LogP contribution is 2.26. The number of para-hydroxylation sites is 1. The Morgan fingerprint density at radius 3 is 2.08 bits per heavy atom. The fraction of sp³-hybridized carbons (Fsp3) is 0.407. The summed E-state index contributed by atoms with van der Waals surface area (Å²) >= 11 is 0. The fourth-order valence-corrected chi connectivity index (χ4v) is 9.05. The first-order valence-corrected chi connectivity index (χ1v) is 25.2. The smallest absolute Gasteiger partial charge is 0.258 e. The summed E-state index contributed by atoms with van der Waals surface area (Å²) in [5, 5.41) is 39.2. The SMILES string of the molecule is CCNC(=O)C1CCCN1C(=O)[C@H](CCCN=C(N)N)NC(=O)[C@H](CC(C)C)NC(=O)[C@@H](Cc1c[nH]c2ccccc12)NC(=O)[C@H](Cc1ccc(O)cc1)NC(=O)[C@H](CO)NC(=O)COc1cccc2ccccc12. The lowest BCUT2D eigenvalue weighted by Gasteiger charge is -2.30. The van der Waals surface area contributed by atoms with Crippen LogP contribution in [0, 0.1) is 5.92 Å². The summed E-state index contributed by atoms with van der Waals surface area (Å²) in [4.78, 5) is 107. The number of benzene rings is 4. The van der Waals surface area contributed by atoms with E-state index in [1.807, 2.05) is 68.4 Å². The molecule has 1 fully saturated rings. The molecular weight excluding hydrogens is 963 g/mol. The number of nitrogens with two attached hydrogens (primary N) is 2. The van der Waals surface area contributed by atoms with E-state index in [-0.39, 0.29) is 55.8 Å². The van der Waals surface area contributed by atoms with E-state index in [1.165, 1.54) is 17.0 Å². The van der Waals surface area contributed by atoms with E-state index >= 15 is 0 Å². The Morgan fingerprint density at radius 1 is 0.760 bits per heavy atom. The first-order chi connectivity index (χ1) is 36.0. The number of rotatable bonds is 26.